The number of benzene rings is 2. The zero-order chi connectivity index (χ0) is 19.2. The molecule has 0 aliphatic carbocycles. The number of nitrogens with one attached hydrogen (secondary N) is 1. The second-order valence-corrected chi connectivity index (χ2v) is 6.74. The van der Waals surface area contributed by atoms with Gasteiger partial charge < -0.3 is 19.7 Å². The third-order valence-corrected chi connectivity index (χ3v) is 5.02. The van der Waals surface area contributed by atoms with Gasteiger partial charge in [0, 0.05) is 44.4 Å². The van der Waals surface area contributed by atoms with Crippen LogP contribution in [0.2, 0.25) is 0 Å². The highest BCUT2D eigenvalue weighted by Gasteiger charge is 2.20. The topological polar surface area (TPSA) is 37.0 Å². The second kappa shape index (κ2) is 9.01. The first-order valence-electron chi connectivity index (χ1n) is 8.84. The number of piperazine rings is 1. The summed E-state index contributed by atoms with van der Waals surface area (Å²) in [7, 11) is 3.23. The first kappa shape index (κ1) is 19.4. The molecule has 1 aliphatic heterocycles. The number of nitrogens with zero attached hydrogens (tertiary/aromatic N) is 2. The molecule has 0 atom stereocenters. The van der Waals surface area contributed by atoms with Crippen LogP contribution in [0.25, 0.3) is 0 Å². The Morgan fingerprint density at radius 3 is 2.48 bits per heavy atom. The molecular formula is C20H24FN3O2S. The maximum Gasteiger partial charge on any atom is 0.173 e. The van der Waals surface area contributed by atoms with Crippen LogP contribution in [0.3, 0.4) is 0 Å². The van der Waals surface area contributed by atoms with Crippen LogP contribution in [0.15, 0.2) is 42.5 Å². The minimum atomic E-state index is -0.149. The summed E-state index contributed by atoms with van der Waals surface area (Å²) >= 11 is 5.56. The number of thiocarbonyl (C=S) groups is 1. The summed E-state index contributed by atoms with van der Waals surface area (Å²) in [6, 6.07) is 12.5. The fourth-order valence-electron chi connectivity index (χ4n) is 3.07. The van der Waals surface area contributed by atoms with E-state index in [2.05, 4.69) is 15.1 Å². The van der Waals surface area contributed by atoms with E-state index in [1.54, 1.807) is 20.3 Å². The molecule has 5 nitrogen and oxygen atoms in total. The SMILES string of the molecule is COc1ccc(NC(=S)N2CCN(Cc3ccccc3F)CC2)c(OC)c1. The molecule has 2 aromatic rings. The molecule has 0 aromatic heterocycles. The van der Waals surface area contributed by atoms with Crippen LogP contribution in [-0.4, -0.2) is 55.3 Å². The molecule has 0 spiro atoms. The van der Waals surface area contributed by atoms with Crippen molar-refractivity contribution in [3.63, 3.8) is 0 Å². The van der Waals surface area contributed by atoms with Gasteiger partial charge >= 0.3 is 0 Å². The lowest BCUT2D eigenvalue weighted by atomic mass is 10.2. The fraction of sp³-hybridized carbons (Fsp3) is 0.350. The van der Waals surface area contributed by atoms with Crippen molar-refractivity contribution in [2.75, 3.05) is 45.7 Å². The zero-order valence-electron chi connectivity index (χ0n) is 15.6. The number of hydrogen-bond acceptors (Lipinski definition) is 4. The maximum absolute atomic E-state index is 13.8. The minimum Gasteiger partial charge on any atom is -0.497 e. The molecule has 7 heteroatoms. The Bertz CT molecular complexity index is 795. The first-order valence-corrected chi connectivity index (χ1v) is 9.25. The Labute approximate surface area is 164 Å². The van der Waals surface area contributed by atoms with E-state index >= 15 is 0 Å². The molecule has 1 aliphatic rings. The highest BCUT2D eigenvalue weighted by Crippen LogP contribution is 2.29. The molecule has 1 saturated heterocycles. The Hall–Kier alpha value is -2.38. The van der Waals surface area contributed by atoms with Gasteiger partial charge in [-0.3, -0.25) is 4.90 Å². The lowest BCUT2D eigenvalue weighted by Crippen LogP contribution is -2.49. The van der Waals surface area contributed by atoms with Gasteiger partial charge in [-0.2, -0.15) is 0 Å². The number of rotatable bonds is 5. The average molecular weight is 389 g/mol. The van der Waals surface area contributed by atoms with Gasteiger partial charge in [-0.15, -0.1) is 0 Å². The molecule has 3 rings (SSSR count). The van der Waals surface area contributed by atoms with E-state index in [9.17, 15) is 4.39 Å². The fourth-order valence-corrected chi connectivity index (χ4v) is 3.37. The highest BCUT2D eigenvalue weighted by molar-refractivity contribution is 7.80. The van der Waals surface area contributed by atoms with E-state index in [0.717, 1.165) is 43.2 Å². The number of halogens is 1. The molecule has 0 amide bonds. The first-order chi connectivity index (χ1) is 13.1. The summed E-state index contributed by atoms with van der Waals surface area (Å²) in [6.45, 7) is 3.86. The van der Waals surface area contributed by atoms with E-state index in [4.69, 9.17) is 21.7 Å². The van der Waals surface area contributed by atoms with Crippen molar-refractivity contribution in [1.82, 2.24) is 9.80 Å². The normalized spacial score (nSPS) is 14.7. The summed E-state index contributed by atoms with van der Waals surface area (Å²) in [5, 5.41) is 3.91. The molecule has 2 aromatic carbocycles. The van der Waals surface area contributed by atoms with Gasteiger partial charge in [-0.05, 0) is 30.4 Å². The quantitative estimate of drug-likeness (QED) is 0.791. The van der Waals surface area contributed by atoms with Crippen molar-refractivity contribution in [3.8, 4) is 11.5 Å². The predicted molar refractivity (Wildman–Crippen MR) is 109 cm³/mol. The molecule has 0 unspecified atom stereocenters. The Morgan fingerprint density at radius 1 is 1.07 bits per heavy atom. The third-order valence-electron chi connectivity index (χ3n) is 4.66. The molecule has 0 radical (unpaired) electrons. The van der Waals surface area contributed by atoms with Crippen LogP contribution in [0.5, 0.6) is 11.5 Å². The third kappa shape index (κ3) is 4.87. The number of ether oxygens (including phenoxy) is 2. The summed E-state index contributed by atoms with van der Waals surface area (Å²) < 4.78 is 24.5. The maximum atomic E-state index is 13.8. The van der Waals surface area contributed by atoms with E-state index in [-0.39, 0.29) is 5.82 Å². The van der Waals surface area contributed by atoms with Crippen molar-refractivity contribution in [2.24, 2.45) is 0 Å². The Morgan fingerprint density at radius 2 is 1.81 bits per heavy atom. The van der Waals surface area contributed by atoms with Crippen molar-refractivity contribution in [2.45, 2.75) is 6.54 Å². The van der Waals surface area contributed by atoms with Gasteiger partial charge in [0.2, 0.25) is 0 Å². The van der Waals surface area contributed by atoms with Crippen LogP contribution >= 0.6 is 12.2 Å². The number of anilines is 1. The molecule has 0 saturated carbocycles. The molecule has 0 bridgehead atoms. The minimum absolute atomic E-state index is 0.149. The van der Waals surface area contributed by atoms with Crippen LogP contribution in [0.4, 0.5) is 10.1 Å². The van der Waals surface area contributed by atoms with Gasteiger partial charge in [0.15, 0.2) is 5.11 Å². The van der Waals surface area contributed by atoms with Crippen molar-refractivity contribution in [1.29, 1.82) is 0 Å². The van der Waals surface area contributed by atoms with Gasteiger partial charge in [-0.25, -0.2) is 4.39 Å². The summed E-state index contributed by atoms with van der Waals surface area (Å²) in [5.41, 5.74) is 1.53. The van der Waals surface area contributed by atoms with Gasteiger partial charge in [-0.1, -0.05) is 18.2 Å². The van der Waals surface area contributed by atoms with Crippen LogP contribution < -0.4 is 14.8 Å². The Kier molecular flexibility index (Phi) is 6.47. The largest absolute Gasteiger partial charge is 0.497 e. The van der Waals surface area contributed by atoms with E-state index in [1.165, 1.54) is 6.07 Å². The average Bonchev–Trinajstić information content (AvgIpc) is 2.70. The van der Waals surface area contributed by atoms with Gasteiger partial charge in [0.25, 0.3) is 0 Å². The van der Waals surface area contributed by atoms with Gasteiger partial charge in [0.05, 0.1) is 19.9 Å². The van der Waals surface area contributed by atoms with E-state index < -0.39 is 0 Å². The lowest BCUT2D eigenvalue weighted by Gasteiger charge is -2.36. The Balaban J connectivity index is 1.55. The smallest absolute Gasteiger partial charge is 0.173 e. The monoisotopic (exact) mass is 389 g/mol. The molecule has 144 valence electrons. The summed E-state index contributed by atoms with van der Waals surface area (Å²) in [6.07, 6.45) is 0. The summed E-state index contributed by atoms with van der Waals surface area (Å²) in [5.74, 6) is 1.25. The molecular weight excluding hydrogens is 365 g/mol. The molecule has 1 fully saturated rings. The predicted octanol–water partition coefficient (Wildman–Crippen LogP) is 3.36. The van der Waals surface area contributed by atoms with Crippen LogP contribution in [0.1, 0.15) is 5.56 Å². The number of methoxy groups -OCH3 is 2. The van der Waals surface area contributed by atoms with Crippen molar-refractivity contribution < 1.29 is 13.9 Å². The van der Waals surface area contributed by atoms with Crippen LogP contribution in [0, 0.1) is 5.82 Å². The molecule has 27 heavy (non-hydrogen) atoms. The zero-order valence-corrected chi connectivity index (χ0v) is 16.4. The summed E-state index contributed by atoms with van der Waals surface area (Å²) in [4.78, 5) is 4.36. The lowest BCUT2D eigenvalue weighted by molar-refractivity contribution is 0.175. The van der Waals surface area contributed by atoms with E-state index in [1.807, 2.05) is 30.3 Å². The second-order valence-electron chi connectivity index (χ2n) is 6.35. The molecule has 1 N–H and O–H groups in total. The standard InChI is InChI=1S/C20H24FN3O2S/c1-25-16-7-8-18(19(13-16)26-2)22-20(27)24-11-9-23(10-12-24)14-15-5-3-4-6-17(15)21/h3-8,13H,9-12,14H2,1-2H3,(H,22,27). The molecule has 1 heterocycles. The number of hydrogen-bond donors (Lipinski definition) is 1. The van der Waals surface area contributed by atoms with Crippen LogP contribution in [-0.2, 0) is 6.54 Å². The van der Waals surface area contributed by atoms with E-state index in [0.29, 0.717) is 17.4 Å². The highest BCUT2D eigenvalue weighted by atomic mass is 32.1. The van der Waals surface area contributed by atoms with Crippen molar-refractivity contribution >= 4 is 23.0 Å². The van der Waals surface area contributed by atoms with Crippen molar-refractivity contribution in [3.05, 3.63) is 53.8 Å². The van der Waals surface area contributed by atoms with Gasteiger partial charge in [0.1, 0.15) is 17.3 Å².